The van der Waals surface area contributed by atoms with Gasteiger partial charge < -0.3 is 10.5 Å². The van der Waals surface area contributed by atoms with Gasteiger partial charge in [0.15, 0.2) is 0 Å². The number of thiophene rings is 1. The van der Waals surface area contributed by atoms with Crippen LogP contribution in [0, 0.1) is 5.82 Å². The van der Waals surface area contributed by atoms with Crippen LogP contribution in [0.4, 0.5) is 4.39 Å². The predicted octanol–water partition coefficient (Wildman–Crippen LogP) is 2.34. The SMILES string of the molecule is COc1csc(C(N)c2ccncc2F)c1. The van der Waals surface area contributed by atoms with Gasteiger partial charge in [0.1, 0.15) is 11.6 Å². The molecule has 2 rings (SSSR count). The van der Waals surface area contributed by atoms with Gasteiger partial charge in [-0.3, -0.25) is 4.98 Å². The minimum atomic E-state index is -0.475. The van der Waals surface area contributed by atoms with E-state index in [4.69, 9.17) is 10.5 Å². The van der Waals surface area contributed by atoms with E-state index in [-0.39, 0.29) is 5.82 Å². The van der Waals surface area contributed by atoms with Crippen LogP contribution in [0.1, 0.15) is 16.5 Å². The molecule has 0 aromatic carbocycles. The molecule has 0 radical (unpaired) electrons. The largest absolute Gasteiger partial charge is 0.496 e. The lowest BCUT2D eigenvalue weighted by atomic mass is 10.1. The Morgan fingerprint density at radius 3 is 3.00 bits per heavy atom. The number of rotatable bonds is 3. The third-order valence-electron chi connectivity index (χ3n) is 2.28. The molecule has 0 saturated carbocycles. The zero-order valence-electron chi connectivity index (χ0n) is 8.68. The first-order chi connectivity index (χ1) is 7.72. The molecule has 84 valence electrons. The van der Waals surface area contributed by atoms with Crippen molar-refractivity contribution in [2.45, 2.75) is 6.04 Å². The van der Waals surface area contributed by atoms with Gasteiger partial charge in [-0.25, -0.2) is 4.39 Å². The minimum Gasteiger partial charge on any atom is -0.496 e. The van der Waals surface area contributed by atoms with Crippen LogP contribution < -0.4 is 10.5 Å². The predicted molar refractivity (Wildman–Crippen MR) is 61.1 cm³/mol. The number of nitrogens with zero attached hydrogens (tertiary/aromatic N) is 1. The Bertz CT molecular complexity index is 486. The normalized spacial score (nSPS) is 12.4. The van der Waals surface area contributed by atoms with E-state index in [1.807, 2.05) is 11.4 Å². The highest BCUT2D eigenvalue weighted by atomic mass is 32.1. The summed E-state index contributed by atoms with van der Waals surface area (Å²) in [5.41, 5.74) is 6.42. The van der Waals surface area contributed by atoms with Crippen molar-refractivity contribution < 1.29 is 9.13 Å². The lowest BCUT2D eigenvalue weighted by Crippen LogP contribution is -2.12. The second kappa shape index (κ2) is 4.59. The van der Waals surface area contributed by atoms with Gasteiger partial charge in [0, 0.05) is 22.0 Å². The smallest absolute Gasteiger partial charge is 0.146 e. The summed E-state index contributed by atoms with van der Waals surface area (Å²) in [6.45, 7) is 0. The summed E-state index contributed by atoms with van der Waals surface area (Å²) in [6.07, 6.45) is 2.70. The van der Waals surface area contributed by atoms with Crippen molar-refractivity contribution in [1.29, 1.82) is 0 Å². The van der Waals surface area contributed by atoms with Crippen LogP contribution in [0.2, 0.25) is 0 Å². The van der Waals surface area contributed by atoms with E-state index < -0.39 is 6.04 Å². The van der Waals surface area contributed by atoms with Gasteiger partial charge in [-0.2, -0.15) is 0 Å². The van der Waals surface area contributed by atoms with E-state index in [9.17, 15) is 4.39 Å². The Balaban J connectivity index is 2.31. The number of pyridine rings is 1. The van der Waals surface area contributed by atoms with Gasteiger partial charge in [0.25, 0.3) is 0 Å². The summed E-state index contributed by atoms with van der Waals surface area (Å²) in [6, 6.07) is 2.93. The summed E-state index contributed by atoms with van der Waals surface area (Å²) < 4.78 is 18.5. The van der Waals surface area contributed by atoms with Crippen molar-refractivity contribution in [1.82, 2.24) is 4.98 Å². The Hall–Kier alpha value is -1.46. The number of nitrogens with two attached hydrogens (primary N) is 1. The summed E-state index contributed by atoms with van der Waals surface area (Å²) in [7, 11) is 1.59. The molecule has 5 heteroatoms. The van der Waals surface area contributed by atoms with Crippen molar-refractivity contribution in [3.8, 4) is 5.75 Å². The van der Waals surface area contributed by atoms with Gasteiger partial charge in [0.05, 0.1) is 19.3 Å². The molecule has 0 aliphatic heterocycles. The van der Waals surface area contributed by atoms with Crippen LogP contribution in [-0.2, 0) is 0 Å². The van der Waals surface area contributed by atoms with Crippen molar-refractivity contribution in [3.05, 3.63) is 46.2 Å². The van der Waals surface area contributed by atoms with E-state index in [1.165, 1.54) is 23.7 Å². The first kappa shape index (κ1) is 11.0. The lowest BCUT2D eigenvalue weighted by Gasteiger charge is -2.09. The molecule has 0 amide bonds. The maximum Gasteiger partial charge on any atom is 0.146 e. The Morgan fingerprint density at radius 1 is 1.56 bits per heavy atom. The van der Waals surface area contributed by atoms with Gasteiger partial charge >= 0.3 is 0 Å². The summed E-state index contributed by atoms with van der Waals surface area (Å²) in [5.74, 6) is 0.354. The highest BCUT2D eigenvalue weighted by Gasteiger charge is 2.15. The van der Waals surface area contributed by atoms with E-state index in [0.29, 0.717) is 5.56 Å². The van der Waals surface area contributed by atoms with E-state index in [0.717, 1.165) is 10.6 Å². The molecule has 3 nitrogen and oxygen atoms in total. The van der Waals surface area contributed by atoms with E-state index in [2.05, 4.69) is 4.98 Å². The topological polar surface area (TPSA) is 48.1 Å². The Labute approximate surface area is 96.7 Å². The van der Waals surface area contributed by atoms with E-state index in [1.54, 1.807) is 13.2 Å². The van der Waals surface area contributed by atoms with E-state index >= 15 is 0 Å². The van der Waals surface area contributed by atoms with Crippen LogP contribution in [0.25, 0.3) is 0 Å². The quantitative estimate of drug-likeness (QED) is 0.892. The molecule has 0 spiro atoms. The molecule has 0 bridgehead atoms. The fourth-order valence-corrected chi connectivity index (χ4v) is 2.27. The highest BCUT2D eigenvalue weighted by molar-refractivity contribution is 7.10. The van der Waals surface area contributed by atoms with Crippen LogP contribution in [-0.4, -0.2) is 12.1 Å². The van der Waals surface area contributed by atoms with Gasteiger partial charge in [-0.05, 0) is 12.1 Å². The molecular formula is C11H11FN2OS. The zero-order chi connectivity index (χ0) is 11.5. The lowest BCUT2D eigenvalue weighted by molar-refractivity contribution is 0.416. The Kier molecular flexibility index (Phi) is 3.17. The number of halogens is 1. The number of methoxy groups -OCH3 is 1. The van der Waals surface area contributed by atoms with Crippen LogP contribution in [0.15, 0.2) is 29.9 Å². The monoisotopic (exact) mass is 238 g/mol. The number of hydrogen-bond donors (Lipinski definition) is 1. The number of aromatic nitrogens is 1. The van der Waals surface area contributed by atoms with Crippen molar-refractivity contribution >= 4 is 11.3 Å². The van der Waals surface area contributed by atoms with Crippen LogP contribution in [0.5, 0.6) is 5.75 Å². The van der Waals surface area contributed by atoms with Crippen LogP contribution >= 0.6 is 11.3 Å². The molecule has 2 aromatic rings. The number of hydrogen-bond acceptors (Lipinski definition) is 4. The first-order valence-corrected chi connectivity index (χ1v) is 5.57. The molecule has 1 atom stereocenters. The Morgan fingerprint density at radius 2 is 2.38 bits per heavy atom. The molecule has 1 unspecified atom stereocenters. The van der Waals surface area contributed by atoms with Gasteiger partial charge in [0.2, 0.25) is 0 Å². The summed E-state index contributed by atoms with van der Waals surface area (Å²) in [5, 5.41) is 1.84. The second-order valence-electron chi connectivity index (χ2n) is 3.26. The van der Waals surface area contributed by atoms with Gasteiger partial charge in [-0.1, -0.05) is 0 Å². The number of ether oxygens (including phenoxy) is 1. The fourth-order valence-electron chi connectivity index (χ4n) is 1.40. The van der Waals surface area contributed by atoms with Crippen molar-refractivity contribution in [2.24, 2.45) is 5.73 Å². The highest BCUT2D eigenvalue weighted by Crippen LogP contribution is 2.30. The van der Waals surface area contributed by atoms with Crippen molar-refractivity contribution in [3.63, 3.8) is 0 Å². The molecule has 0 aliphatic carbocycles. The fraction of sp³-hybridized carbons (Fsp3) is 0.182. The van der Waals surface area contributed by atoms with Crippen LogP contribution in [0.3, 0.4) is 0 Å². The zero-order valence-corrected chi connectivity index (χ0v) is 9.50. The summed E-state index contributed by atoms with van der Waals surface area (Å²) >= 11 is 1.45. The molecular weight excluding hydrogens is 227 g/mol. The second-order valence-corrected chi connectivity index (χ2v) is 4.21. The molecule has 0 saturated heterocycles. The maximum atomic E-state index is 13.4. The molecule has 0 aliphatic rings. The van der Waals surface area contributed by atoms with Crippen molar-refractivity contribution in [2.75, 3.05) is 7.11 Å². The minimum absolute atomic E-state index is 0.387. The molecule has 0 fully saturated rings. The summed E-state index contributed by atoms with van der Waals surface area (Å²) in [4.78, 5) is 4.55. The maximum absolute atomic E-state index is 13.4. The first-order valence-electron chi connectivity index (χ1n) is 4.69. The molecule has 2 aromatic heterocycles. The molecule has 16 heavy (non-hydrogen) atoms. The average Bonchev–Trinajstić information content (AvgIpc) is 2.77. The standard InChI is InChI=1S/C11H11FN2OS/c1-15-7-4-10(16-6-7)11(13)8-2-3-14-5-9(8)12/h2-6,11H,13H2,1H3. The molecule has 2 heterocycles. The molecule has 2 N–H and O–H groups in total. The third kappa shape index (κ3) is 2.05. The average molecular weight is 238 g/mol. The third-order valence-corrected chi connectivity index (χ3v) is 3.27. The van der Waals surface area contributed by atoms with Gasteiger partial charge in [-0.15, -0.1) is 11.3 Å².